The Bertz CT molecular complexity index is 489. The second-order valence-electron chi connectivity index (χ2n) is 3.23. The highest BCUT2D eigenvalue weighted by atomic mass is 16.1. The smallest absolute Gasteiger partial charge is 0.221 e. The molecule has 1 N–H and O–H groups in total. The topological polar surface area (TPSA) is 46.9 Å². The van der Waals surface area contributed by atoms with Crippen LogP contribution in [0.15, 0.2) is 24.4 Å². The molecule has 18 heavy (non-hydrogen) atoms. The van der Waals surface area contributed by atoms with Gasteiger partial charge in [0.1, 0.15) is 5.52 Å². The normalized spacial score (nSPS) is 8.78. The third kappa shape index (κ3) is 4.20. The molecular weight excluding hydrogens is 226 g/mol. The van der Waals surface area contributed by atoms with E-state index in [4.69, 9.17) is 0 Å². The van der Waals surface area contributed by atoms with Gasteiger partial charge in [-0.15, -0.1) is 0 Å². The lowest BCUT2D eigenvalue weighted by Gasteiger charge is -2.01. The Morgan fingerprint density at radius 3 is 2.39 bits per heavy atom. The maximum atomic E-state index is 10.9. The molecule has 0 saturated heterocycles. The number of amides is 1. The summed E-state index contributed by atoms with van der Waals surface area (Å²) in [5.41, 5.74) is 1.58. The van der Waals surface area contributed by atoms with Gasteiger partial charge in [0.05, 0.1) is 5.69 Å². The third-order valence-corrected chi connectivity index (χ3v) is 1.96. The summed E-state index contributed by atoms with van der Waals surface area (Å²) in [6.07, 6.45) is 1.92. The zero-order valence-electron chi connectivity index (χ0n) is 12.1. The van der Waals surface area contributed by atoms with Crippen molar-refractivity contribution in [2.45, 2.75) is 34.6 Å². The Labute approximate surface area is 109 Å². The first-order valence-corrected chi connectivity index (χ1v) is 6.37. The summed E-state index contributed by atoms with van der Waals surface area (Å²) in [5.74, 6) is -0.0804. The lowest BCUT2D eigenvalue weighted by Crippen LogP contribution is -2.06. The number of nitrogens with zero attached hydrogens (tertiary/aromatic N) is 2. The van der Waals surface area contributed by atoms with Gasteiger partial charge in [-0.05, 0) is 6.07 Å². The molecule has 4 nitrogen and oxygen atoms in total. The lowest BCUT2D eigenvalue weighted by atomic mass is 10.2. The summed E-state index contributed by atoms with van der Waals surface area (Å²) in [4.78, 5) is 10.9. The number of fused-ring (bicyclic) bond motifs is 1. The van der Waals surface area contributed by atoms with Crippen LogP contribution in [-0.2, 0) is 11.8 Å². The minimum atomic E-state index is -0.0804. The van der Waals surface area contributed by atoms with Gasteiger partial charge in [0.2, 0.25) is 5.91 Å². The summed E-state index contributed by atoms with van der Waals surface area (Å²) < 4.78 is 1.73. The van der Waals surface area contributed by atoms with E-state index in [1.54, 1.807) is 4.68 Å². The summed E-state index contributed by atoms with van der Waals surface area (Å²) in [6, 6.07) is 5.71. The van der Waals surface area contributed by atoms with Crippen LogP contribution in [0.3, 0.4) is 0 Å². The average Bonchev–Trinajstić information content (AvgIpc) is 2.75. The molecule has 0 unspecified atom stereocenters. The Balaban J connectivity index is 0.000000659. The molecule has 0 spiro atoms. The van der Waals surface area contributed by atoms with Crippen LogP contribution < -0.4 is 5.32 Å². The molecule has 0 saturated carbocycles. The number of aromatic nitrogens is 2. The highest BCUT2D eigenvalue weighted by molar-refractivity contribution is 5.99. The Morgan fingerprint density at radius 1 is 1.22 bits per heavy atom. The zero-order valence-corrected chi connectivity index (χ0v) is 12.1. The van der Waals surface area contributed by atoms with Gasteiger partial charge in [-0.1, -0.05) is 39.8 Å². The van der Waals surface area contributed by atoms with Gasteiger partial charge in [-0.3, -0.25) is 9.48 Å². The molecule has 0 aliphatic rings. The minimum Gasteiger partial charge on any atom is -0.324 e. The fourth-order valence-corrected chi connectivity index (χ4v) is 1.46. The highest BCUT2D eigenvalue weighted by Crippen LogP contribution is 2.20. The third-order valence-electron chi connectivity index (χ3n) is 1.96. The van der Waals surface area contributed by atoms with E-state index in [2.05, 4.69) is 10.4 Å². The number of hydrogen-bond donors (Lipinski definition) is 1. The number of benzene rings is 1. The van der Waals surface area contributed by atoms with Crippen LogP contribution in [0.2, 0.25) is 0 Å². The van der Waals surface area contributed by atoms with E-state index in [1.807, 2.05) is 59.1 Å². The van der Waals surface area contributed by atoms with Crippen molar-refractivity contribution >= 4 is 22.5 Å². The Kier molecular flexibility index (Phi) is 7.43. The number of carbonyl (C=O) groups is 1. The van der Waals surface area contributed by atoms with Crippen molar-refractivity contribution in [3.63, 3.8) is 0 Å². The maximum Gasteiger partial charge on any atom is 0.221 e. The predicted octanol–water partition coefficient (Wildman–Crippen LogP) is 3.58. The standard InChI is InChI=1S/C10H11N3O.2C2H6/c1-7(14)11-9-5-3-4-8-6-13(2)12-10(8)9;2*1-2/h3-6H,1-2H3,(H,11,14);2*1-2H3. The molecule has 0 aliphatic carbocycles. The molecule has 0 radical (unpaired) electrons. The van der Waals surface area contributed by atoms with Crippen molar-refractivity contribution < 1.29 is 4.79 Å². The van der Waals surface area contributed by atoms with Gasteiger partial charge in [0, 0.05) is 25.6 Å². The summed E-state index contributed by atoms with van der Waals surface area (Å²) in [7, 11) is 1.86. The van der Waals surface area contributed by atoms with Gasteiger partial charge < -0.3 is 5.32 Å². The van der Waals surface area contributed by atoms with Gasteiger partial charge in [-0.25, -0.2) is 0 Å². The van der Waals surface area contributed by atoms with Crippen molar-refractivity contribution in [2.24, 2.45) is 7.05 Å². The molecule has 4 heteroatoms. The van der Waals surface area contributed by atoms with Crippen LogP contribution >= 0.6 is 0 Å². The lowest BCUT2D eigenvalue weighted by molar-refractivity contribution is -0.114. The molecule has 2 rings (SSSR count). The van der Waals surface area contributed by atoms with E-state index in [0.29, 0.717) is 0 Å². The number of hydrogen-bond acceptors (Lipinski definition) is 2. The number of anilines is 1. The molecule has 1 aromatic heterocycles. The highest BCUT2D eigenvalue weighted by Gasteiger charge is 2.04. The van der Waals surface area contributed by atoms with E-state index in [-0.39, 0.29) is 5.91 Å². The van der Waals surface area contributed by atoms with Crippen LogP contribution in [-0.4, -0.2) is 15.7 Å². The van der Waals surface area contributed by atoms with Gasteiger partial charge >= 0.3 is 0 Å². The summed E-state index contributed by atoms with van der Waals surface area (Å²) in [5, 5.41) is 8.04. The van der Waals surface area contributed by atoms with Gasteiger partial charge in [-0.2, -0.15) is 5.10 Å². The number of aryl methyl sites for hydroxylation is 1. The van der Waals surface area contributed by atoms with Crippen molar-refractivity contribution in [3.05, 3.63) is 24.4 Å². The van der Waals surface area contributed by atoms with E-state index < -0.39 is 0 Å². The Morgan fingerprint density at radius 2 is 1.83 bits per heavy atom. The maximum absolute atomic E-state index is 10.9. The monoisotopic (exact) mass is 249 g/mol. The van der Waals surface area contributed by atoms with E-state index in [9.17, 15) is 4.79 Å². The molecular formula is C14H23N3O. The SMILES string of the molecule is CC.CC.CC(=O)Nc1cccc2cn(C)nc12. The van der Waals surface area contributed by atoms with Gasteiger partial charge in [0.15, 0.2) is 0 Å². The van der Waals surface area contributed by atoms with Crippen LogP contribution in [0.4, 0.5) is 5.69 Å². The van der Waals surface area contributed by atoms with Crippen LogP contribution in [0.25, 0.3) is 10.9 Å². The molecule has 1 aromatic carbocycles. The number of rotatable bonds is 1. The molecule has 0 aliphatic heterocycles. The second-order valence-corrected chi connectivity index (χ2v) is 3.23. The average molecular weight is 249 g/mol. The fourth-order valence-electron chi connectivity index (χ4n) is 1.46. The summed E-state index contributed by atoms with van der Waals surface area (Å²) in [6.45, 7) is 9.49. The van der Waals surface area contributed by atoms with Crippen LogP contribution in [0.5, 0.6) is 0 Å². The van der Waals surface area contributed by atoms with E-state index in [0.717, 1.165) is 16.6 Å². The van der Waals surface area contributed by atoms with Crippen LogP contribution in [0.1, 0.15) is 34.6 Å². The largest absolute Gasteiger partial charge is 0.324 e. The van der Waals surface area contributed by atoms with E-state index in [1.165, 1.54) is 6.92 Å². The number of nitrogens with one attached hydrogen (secondary N) is 1. The molecule has 1 heterocycles. The molecule has 100 valence electrons. The molecule has 1 amide bonds. The molecule has 0 atom stereocenters. The first-order chi connectivity index (χ1) is 8.66. The number of carbonyl (C=O) groups excluding carboxylic acids is 1. The second kappa shape index (κ2) is 8.28. The van der Waals surface area contributed by atoms with Crippen molar-refractivity contribution in [1.82, 2.24) is 9.78 Å². The van der Waals surface area contributed by atoms with Crippen molar-refractivity contribution in [2.75, 3.05) is 5.32 Å². The first kappa shape index (κ1) is 16.2. The summed E-state index contributed by atoms with van der Waals surface area (Å²) >= 11 is 0. The van der Waals surface area contributed by atoms with Gasteiger partial charge in [0.25, 0.3) is 0 Å². The fraction of sp³-hybridized carbons (Fsp3) is 0.429. The van der Waals surface area contributed by atoms with Crippen LogP contribution in [0, 0.1) is 0 Å². The predicted molar refractivity (Wildman–Crippen MR) is 77.7 cm³/mol. The zero-order chi connectivity index (χ0) is 14.1. The van der Waals surface area contributed by atoms with Crippen molar-refractivity contribution in [3.8, 4) is 0 Å². The minimum absolute atomic E-state index is 0.0804. The first-order valence-electron chi connectivity index (χ1n) is 6.37. The Hall–Kier alpha value is -1.84. The molecule has 2 aromatic rings. The molecule has 0 fully saturated rings. The molecule has 0 bridgehead atoms. The quantitative estimate of drug-likeness (QED) is 0.839. The van der Waals surface area contributed by atoms with E-state index >= 15 is 0 Å². The van der Waals surface area contributed by atoms with Crippen molar-refractivity contribution in [1.29, 1.82) is 0 Å².